The van der Waals surface area contributed by atoms with Gasteiger partial charge in [0, 0.05) is 12.1 Å². The minimum absolute atomic E-state index is 0.0586. The van der Waals surface area contributed by atoms with Gasteiger partial charge in [-0.25, -0.2) is 0 Å². The van der Waals surface area contributed by atoms with Crippen molar-refractivity contribution in [2.45, 2.75) is 19.4 Å². The second kappa shape index (κ2) is 4.86. The number of likely N-dealkylation sites (tertiary alicyclic amines) is 1. The van der Waals surface area contributed by atoms with E-state index in [4.69, 9.17) is 0 Å². The monoisotopic (exact) mass is 251 g/mol. The Morgan fingerprint density at radius 3 is 2.72 bits per heavy atom. The third kappa shape index (κ3) is 2.13. The van der Waals surface area contributed by atoms with E-state index in [0.29, 0.717) is 12.1 Å². The topological polar surface area (TPSA) is 81.0 Å². The molecule has 2 unspecified atom stereocenters. The molecule has 2 rings (SSSR count). The average Bonchev–Trinajstić information content (AvgIpc) is 2.73. The first kappa shape index (κ1) is 12.7. The number of carbonyl (C=O) groups is 1. The second-order valence-corrected chi connectivity index (χ2v) is 4.72. The molecule has 1 heterocycles. The highest BCUT2D eigenvalue weighted by atomic mass is 16.3. The number of aliphatic hydroxyl groups excluding tert-OH is 1. The number of aromatic hydroxyl groups is 2. The molecule has 1 aromatic carbocycles. The normalized spacial score (nSPS) is 23.3. The van der Waals surface area contributed by atoms with E-state index in [1.807, 2.05) is 6.92 Å². The lowest BCUT2D eigenvalue weighted by atomic mass is 10.0. The van der Waals surface area contributed by atoms with Crippen molar-refractivity contribution in [3.05, 3.63) is 23.8 Å². The van der Waals surface area contributed by atoms with Gasteiger partial charge in [-0.05, 0) is 30.5 Å². The van der Waals surface area contributed by atoms with Crippen LogP contribution in [0.4, 0.5) is 0 Å². The van der Waals surface area contributed by atoms with Crippen LogP contribution < -0.4 is 0 Å². The quantitative estimate of drug-likeness (QED) is 0.683. The van der Waals surface area contributed by atoms with Crippen molar-refractivity contribution in [2.75, 3.05) is 13.2 Å². The van der Waals surface area contributed by atoms with E-state index >= 15 is 0 Å². The van der Waals surface area contributed by atoms with Crippen molar-refractivity contribution in [1.82, 2.24) is 4.90 Å². The molecule has 1 aliphatic rings. The number of benzene rings is 1. The molecule has 1 aromatic rings. The van der Waals surface area contributed by atoms with Crippen molar-refractivity contribution in [2.24, 2.45) is 5.92 Å². The van der Waals surface area contributed by atoms with E-state index < -0.39 is 0 Å². The Labute approximate surface area is 105 Å². The van der Waals surface area contributed by atoms with E-state index in [1.54, 1.807) is 4.90 Å². The Morgan fingerprint density at radius 1 is 1.39 bits per heavy atom. The summed E-state index contributed by atoms with van der Waals surface area (Å²) in [6, 6.07) is 3.83. The molecule has 18 heavy (non-hydrogen) atoms. The Morgan fingerprint density at radius 2 is 2.11 bits per heavy atom. The molecule has 5 heteroatoms. The van der Waals surface area contributed by atoms with E-state index in [0.717, 1.165) is 6.42 Å². The van der Waals surface area contributed by atoms with Crippen molar-refractivity contribution in [3.8, 4) is 11.5 Å². The van der Waals surface area contributed by atoms with Gasteiger partial charge >= 0.3 is 0 Å². The van der Waals surface area contributed by atoms with Crippen LogP contribution in [0.2, 0.25) is 0 Å². The molecule has 2 atom stereocenters. The largest absolute Gasteiger partial charge is 0.504 e. The summed E-state index contributed by atoms with van der Waals surface area (Å²) in [7, 11) is 0. The first-order valence-electron chi connectivity index (χ1n) is 5.98. The van der Waals surface area contributed by atoms with Crippen LogP contribution in [0.15, 0.2) is 18.2 Å². The Balaban J connectivity index is 2.23. The molecule has 5 nitrogen and oxygen atoms in total. The smallest absolute Gasteiger partial charge is 0.254 e. The van der Waals surface area contributed by atoms with Crippen LogP contribution >= 0.6 is 0 Å². The zero-order valence-electron chi connectivity index (χ0n) is 10.2. The predicted molar refractivity (Wildman–Crippen MR) is 65.5 cm³/mol. The van der Waals surface area contributed by atoms with Crippen LogP contribution in [0.25, 0.3) is 0 Å². The summed E-state index contributed by atoms with van der Waals surface area (Å²) in [5, 5.41) is 27.9. The van der Waals surface area contributed by atoms with Crippen molar-refractivity contribution in [1.29, 1.82) is 0 Å². The summed E-state index contributed by atoms with van der Waals surface area (Å²) in [5.74, 6) is -0.521. The molecule has 0 aromatic heterocycles. The fourth-order valence-corrected chi connectivity index (χ4v) is 2.36. The fourth-order valence-electron chi connectivity index (χ4n) is 2.36. The molecule has 1 fully saturated rings. The highest BCUT2D eigenvalue weighted by Gasteiger charge is 2.34. The van der Waals surface area contributed by atoms with E-state index in [1.165, 1.54) is 18.2 Å². The van der Waals surface area contributed by atoms with Crippen molar-refractivity contribution >= 4 is 5.91 Å². The van der Waals surface area contributed by atoms with Gasteiger partial charge in [-0.1, -0.05) is 6.92 Å². The molecular formula is C13H17NO4. The summed E-state index contributed by atoms with van der Waals surface area (Å²) in [6.07, 6.45) is 0.862. The first-order chi connectivity index (χ1) is 8.54. The van der Waals surface area contributed by atoms with Crippen LogP contribution in [-0.4, -0.2) is 45.3 Å². The molecule has 1 aliphatic heterocycles. The van der Waals surface area contributed by atoms with Crippen LogP contribution in [0, 0.1) is 5.92 Å². The zero-order valence-corrected chi connectivity index (χ0v) is 10.2. The lowest BCUT2D eigenvalue weighted by molar-refractivity contribution is 0.0648. The maximum Gasteiger partial charge on any atom is 0.254 e. The molecular weight excluding hydrogens is 234 g/mol. The highest BCUT2D eigenvalue weighted by Crippen LogP contribution is 2.29. The molecule has 98 valence electrons. The number of phenols is 2. The van der Waals surface area contributed by atoms with Gasteiger partial charge in [-0.2, -0.15) is 0 Å². The van der Waals surface area contributed by atoms with Crippen LogP contribution in [0.1, 0.15) is 23.7 Å². The molecule has 0 radical (unpaired) electrons. The highest BCUT2D eigenvalue weighted by molar-refractivity contribution is 5.95. The summed E-state index contributed by atoms with van der Waals surface area (Å²) in [6.45, 7) is 2.55. The number of hydrogen-bond donors (Lipinski definition) is 3. The second-order valence-electron chi connectivity index (χ2n) is 4.72. The number of phenolic OH excluding ortho intramolecular Hbond substituents is 2. The third-order valence-corrected chi connectivity index (χ3v) is 3.55. The van der Waals surface area contributed by atoms with Gasteiger partial charge in [0.15, 0.2) is 11.5 Å². The lowest BCUT2D eigenvalue weighted by Gasteiger charge is -2.25. The number of aliphatic hydroxyl groups is 1. The minimum Gasteiger partial charge on any atom is -0.504 e. The number of hydrogen-bond acceptors (Lipinski definition) is 4. The van der Waals surface area contributed by atoms with E-state index in [9.17, 15) is 20.1 Å². The summed E-state index contributed by atoms with van der Waals surface area (Å²) in [4.78, 5) is 13.9. The minimum atomic E-state index is -0.311. The molecule has 0 saturated carbocycles. The van der Waals surface area contributed by atoms with E-state index in [-0.39, 0.29) is 36.0 Å². The third-order valence-electron chi connectivity index (χ3n) is 3.55. The first-order valence-corrected chi connectivity index (χ1v) is 5.98. The summed E-state index contributed by atoms with van der Waals surface area (Å²) < 4.78 is 0. The molecule has 3 N–H and O–H groups in total. The van der Waals surface area contributed by atoms with Gasteiger partial charge < -0.3 is 20.2 Å². The van der Waals surface area contributed by atoms with Crippen molar-refractivity contribution in [3.63, 3.8) is 0 Å². The van der Waals surface area contributed by atoms with Crippen LogP contribution in [0.5, 0.6) is 11.5 Å². The van der Waals surface area contributed by atoms with Gasteiger partial charge in [0.25, 0.3) is 5.91 Å². The molecule has 1 amide bonds. The number of carbonyl (C=O) groups excluding carboxylic acids is 1. The number of nitrogens with zero attached hydrogens (tertiary/aromatic N) is 1. The average molecular weight is 251 g/mol. The Kier molecular flexibility index (Phi) is 3.43. The number of rotatable bonds is 2. The fraction of sp³-hybridized carbons (Fsp3) is 0.462. The molecule has 1 saturated heterocycles. The Bertz CT molecular complexity index is 460. The molecule has 0 spiro atoms. The molecule has 0 aliphatic carbocycles. The van der Waals surface area contributed by atoms with Crippen LogP contribution in [0.3, 0.4) is 0 Å². The summed E-state index contributed by atoms with van der Waals surface area (Å²) in [5.41, 5.74) is 0.317. The maximum absolute atomic E-state index is 12.2. The van der Waals surface area contributed by atoms with Gasteiger partial charge in [-0.3, -0.25) is 4.79 Å². The van der Waals surface area contributed by atoms with Gasteiger partial charge in [0.05, 0.1) is 12.6 Å². The van der Waals surface area contributed by atoms with E-state index in [2.05, 4.69) is 0 Å². The van der Waals surface area contributed by atoms with Crippen LogP contribution in [-0.2, 0) is 0 Å². The van der Waals surface area contributed by atoms with Gasteiger partial charge in [0.2, 0.25) is 0 Å². The van der Waals surface area contributed by atoms with Gasteiger partial charge in [0.1, 0.15) is 0 Å². The zero-order chi connectivity index (χ0) is 13.3. The Hall–Kier alpha value is -1.75. The lowest BCUT2D eigenvalue weighted by Crippen LogP contribution is -2.39. The maximum atomic E-state index is 12.2. The summed E-state index contributed by atoms with van der Waals surface area (Å²) >= 11 is 0. The van der Waals surface area contributed by atoms with Gasteiger partial charge in [-0.15, -0.1) is 0 Å². The molecule has 0 bridgehead atoms. The standard InChI is InChI=1S/C13H17NO4/c1-8-4-5-14(10(8)7-15)13(18)9-2-3-11(16)12(17)6-9/h2-3,6,8,10,15-17H,4-5,7H2,1H3. The number of amides is 1. The predicted octanol–water partition coefficient (Wildman–Crippen LogP) is 0.941. The SMILES string of the molecule is CC1CCN(C(=O)c2ccc(O)c(O)c2)C1CO. The van der Waals surface area contributed by atoms with Crippen molar-refractivity contribution < 1.29 is 20.1 Å².